The monoisotopic (exact) mass is 272 g/mol. The van der Waals surface area contributed by atoms with Crippen LogP contribution in [0.4, 0.5) is 0 Å². The first kappa shape index (κ1) is 17.5. The lowest BCUT2D eigenvalue weighted by Crippen LogP contribution is -1.95. The molecule has 1 rings (SSSR count). The van der Waals surface area contributed by atoms with Gasteiger partial charge in [-0.25, -0.2) is 0 Å². The fraction of sp³-hybridized carbons (Fsp3) is 0.733. The van der Waals surface area contributed by atoms with Crippen LogP contribution in [-0.4, -0.2) is 6.61 Å². The highest BCUT2D eigenvalue weighted by Gasteiger charge is 1.91. The highest BCUT2D eigenvalue weighted by Crippen LogP contribution is 2.17. The molecule has 0 bridgehead atoms. The van der Waals surface area contributed by atoms with Crippen molar-refractivity contribution in [2.75, 3.05) is 6.61 Å². The van der Waals surface area contributed by atoms with Crippen molar-refractivity contribution in [2.45, 2.75) is 65.7 Å². The summed E-state index contributed by atoms with van der Waals surface area (Å²) in [6.07, 6.45) is 9.47. The summed E-state index contributed by atoms with van der Waals surface area (Å²) in [4.78, 5) is 9.74. The maximum atomic E-state index is 4.90. The van der Waals surface area contributed by atoms with Gasteiger partial charge in [0.1, 0.15) is 0 Å². The van der Waals surface area contributed by atoms with E-state index in [9.17, 15) is 0 Å². The molecule has 1 aromatic heterocycles. The quantitative estimate of drug-likeness (QED) is 0.319. The first-order chi connectivity index (χ1) is 8.85. The molecule has 106 valence electrons. The Labute approximate surface area is 116 Å². The molecule has 0 saturated heterocycles. The third kappa shape index (κ3) is 11.9. The summed E-state index contributed by atoms with van der Waals surface area (Å²) in [5, 5.41) is 2.76. The Morgan fingerprint density at radius 2 is 1.61 bits per heavy atom. The number of hydrogen-bond donors (Lipinski definition) is 0. The first-order valence-corrected chi connectivity index (χ1v) is 8.06. The van der Waals surface area contributed by atoms with E-state index in [0.717, 1.165) is 11.5 Å². The fourth-order valence-corrected chi connectivity index (χ4v) is 1.88. The van der Waals surface area contributed by atoms with Crippen LogP contribution in [0, 0.1) is 0 Å². The van der Waals surface area contributed by atoms with Crippen molar-refractivity contribution in [3.8, 4) is 5.06 Å². The minimum atomic E-state index is 0.651. The zero-order valence-electron chi connectivity index (χ0n) is 12.1. The second-order valence-corrected chi connectivity index (χ2v) is 5.16. The summed E-state index contributed by atoms with van der Waals surface area (Å²) < 4.78 is 0. The summed E-state index contributed by atoms with van der Waals surface area (Å²) in [7, 11) is 0. The highest BCUT2D eigenvalue weighted by atomic mass is 32.1. The normalized spacial score (nSPS) is 9.72. The van der Waals surface area contributed by atoms with Crippen molar-refractivity contribution in [1.82, 2.24) is 0 Å². The fourth-order valence-electron chi connectivity index (χ4n) is 1.35. The van der Waals surface area contributed by atoms with Crippen LogP contribution >= 0.6 is 11.3 Å². The predicted octanol–water partition coefficient (Wildman–Crippen LogP) is 5.84. The third-order valence-electron chi connectivity index (χ3n) is 2.38. The lowest BCUT2D eigenvalue weighted by atomic mass is 10.1. The van der Waals surface area contributed by atoms with Gasteiger partial charge in [-0.2, -0.15) is 4.89 Å². The molecule has 1 aromatic rings. The average Bonchev–Trinajstić information content (AvgIpc) is 2.89. The Balaban J connectivity index is 0.000000331. The van der Waals surface area contributed by atoms with Gasteiger partial charge in [0.2, 0.25) is 5.06 Å². The van der Waals surface area contributed by atoms with Crippen molar-refractivity contribution in [2.24, 2.45) is 0 Å². The van der Waals surface area contributed by atoms with Crippen molar-refractivity contribution >= 4 is 11.3 Å². The standard InChI is InChI=1S/C8H18.C7H10O2S/c1-3-5-7-8-6-4-2;1-2-5-8-9-7-4-3-6-10-7/h3-8H2,1-2H3;3-4,6H,2,5H2,1H3. The van der Waals surface area contributed by atoms with E-state index in [4.69, 9.17) is 9.78 Å². The second kappa shape index (κ2) is 14.5. The van der Waals surface area contributed by atoms with Gasteiger partial charge < -0.3 is 4.89 Å². The summed E-state index contributed by atoms with van der Waals surface area (Å²) in [5.41, 5.74) is 0. The molecule has 18 heavy (non-hydrogen) atoms. The molecule has 0 aromatic carbocycles. The Morgan fingerprint density at radius 3 is 2.06 bits per heavy atom. The largest absolute Gasteiger partial charge is 0.326 e. The molecule has 0 spiro atoms. The molecule has 0 aliphatic carbocycles. The van der Waals surface area contributed by atoms with Gasteiger partial charge >= 0.3 is 0 Å². The van der Waals surface area contributed by atoms with Crippen LogP contribution in [0.15, 0.2) is 17.5 Å². The molecule has 0 aliphatic heterocycles. The van der Waals surface area contributed by atoms with Crippen LogP contribution in [0.2, 0.25) is 0 Å². The van der Waals surface area contributed by atoms with Gasteiger partial charge in [-0.1, -0.05) is 59.3 Å². The van der Waals surface area contributed by atoms with Gasteiger partial charge in [-0.3, -0.25) is 0 Å². The molecule has 0 aliphatic rings. The minimum Gasteiger partial charge on any atom is -0.326 e. The molecular formula is C15H28O2S. The summed E-state index contributed by atoms with van der Waals surface area (Å²) in [6, 6.07) is 3.80. The maximum absolute atomic E-state index is 4.90. The van der Waals surface area contributed by atoms with E-state index in [-0.39, 0.29) is 0 Å². The van der Waals surface area contributed by atoms with E-state index in [1.807, 2.05) is 24.4 Å². The maximum Gasteiger partial charge on any atom is 0.218 e. The van der Waals surface area contributed by atoms with Crippen LogP contribution in [0.1, 0.15) is 65.7 Å². The second-order valence-electron chi connectivity index (χ2n) is 4.25. The first-order valence-electron chi connectivity index (χ1n) is 7.18. The molecule has 0 saturated carbocycles. The lowest BCUT2D eigenvalue weighted by Gasteiger charge is -1.98. The third-order valence-corrected chi connectivity index (χ3v) is 3.11. The van der Waals surface area contributed by atoms with Crippen LogP contribution in [-0.2, 0) is 4.89 Å². The van der Waals surface area contributed by atoms with Crippen molar-refractivity contribution in [1.29, 1.82) is 0 Å². The summed E-state index contributed by atoms with van der Waals surface area (Å²) in [5.74, 6) is 0. The van der Waals surface area contributed by atoms with Crippen molar-refractivity contribution in [3.63, 3.8) is 0 Å². The molecule has 0 atom stereocenters. The predicted molar refractivity (Wildman–Crippen MR) is 80.2 cm³/mol. The van der Waals surface area contributed by atoms with Gasteiger partial charge in [0.05, 0.1) is 6.61 Å². The summed E-state index contributed by atoms with van der Waals surface area (Å²) in [6.45, 7) is 7.20. The summed E-state index contributed by atoms with van der Waals surface area (Å²) >= 11 is 1.53. The topological polar surface area (TPSA) is 18.5 Å². The van der Waals surface area contributed by atoms with E-state index in [1.165, 1.54) is 49.9 Å². The molecule has 0 fully saturated rings. The number of unbranched alkanes of at least 4 members (excludes halogenated alkanes) is 5. The molecule has 1 heterocycles. The van der Waals surface area contributed by atoms with E-state index in [0.29, 0.717) is 6.61 Å². The van der Waals surface area contributed by atoms with Crippen LogP contribution in [0.25, 0.3) is 0 Å². The molecule has 0 N–H and O–H groups in total. The zero-order valence-corrected chi connectivity index (χ0v) is 12.9. The van der Waals surface area contributed by atoms with E-state index >= 15 is 0 Å². The average molecular weight is 272 g/mol. The van der Waals surface area contributed by atoms with Crippen LogP contribution in [0.5, 0.6) is 5.06 Å². The van der Waals surface area contributed by atoms with E-state index in [2.05, 4.69) is 13.8 Å². The Hall–Kier alpha value is -0.540. The number of hydrogen-bond acceptors (Lipinski definition) is 3. The lowest BCUT2D eigenvalue weighted by molar-refractivity contribution is -0.203. The Kier molecular flexibility index (Phi) is 14.1. The van der Waals surface area contributed by atoms with E-state index < -0.39 is 0 Å². The SMILES string of the molecule is CCCCCCCC.CCCOOc1cccs1. The smallest absolute Gasteiger partial charge is 0.218 e. The molecule has 0 amide bonds. The van der Waals surface area contributed by atoms with Crippen molar-refractivity contribution < 1.29 is 9.78 Å². The van der Waals surface area contributed by atoms with Gasteiger partial charge in [0.25, 0.3) is 0 Å². The zero-order chi connectivity index (χ0) is 13.5. The number of rotatable bonds is 9. The van der Waals surface area contributed by atoms with Crippen LogP contribution in [0.3, 0.4) is 0 Å². The van der Waals surface area contributed by atoms with E-state index in [1.54, 1.807) is 0 Å². The number of thiophene rings is 1. The van der Waals surface area contributed by atoms with Gasteiger partial charge in [-0.05, 0) is 23.9 Å². The van der Waals surface area contributed by atoms with Gasteiger partial charge in [0, 0.05) is 0 Å². The molecule has 0 radical (unpaired) electrons. The Bertz CT molecular complexity index is 229. The van der Waals surface area contributed by atoms with Crippen LogP contribution < -0.4 is 4.89 Å². The molecule has 2 nitrogen and oxygen atoms in total. The highest BCUT2D eigenvalue weighted by molar-refractivity contribution is 7.11. The van der Waals surface area contributed by atoms with Crippen molar-refractivity contribution in [3.05, 3.63) is 17.5 Å². The molecule has 0 unspecified atom stereocenters. The van der Waals surface area contributed by atoms with Gasteiger partial charge in [0.15, 0.2) is 0 Å². The molecular weight excluding hydrogens is 244 g/mol. The molecule has 3 heteroatoms. The van der Waals surface area contributed by atoms with Gasteiger partial charge in [-0.15, -0.1) is 11.3 Å². The minimum absolute atomic E-state index is 0.651. The Morgan fingerprint density at radius 1 is 0.944 bits per heavy atom.